The molecule has 6 nitrogen and oxygen atoms in total. The van der Waals surface area contributed by atoms with E-state index in [4.69, 9.17) is 14.2 Å². The smallest absolute Gasteiger partial charge is 0.344 e. The molecule has 0 aromatic heterocycles. The predicted octanol–water partition coefficient (Wildman–Crippen LogP) is 4.40. The molecule has 0 aliphatic rings. The third-order valence-corrected chi connectivity index (χ3v) is 4.86. The fourth-order valence-corrected chi connectivity index (χ4v) is 3.17. The lowest BCUT2D eigenvalue weighted by atomic mass is 10.0. The molecule has 0 saturated heterocycles. The molecule has 6 heteroatoms. The van der Waals surface area contributed by atoms with Crippen molar-refractivity contribution in [3.05, 3.63) is 89.5 Å². The summed E-state index contributed by atoms with van der Waals surface area (Å²) in [7, 11) is 3.03. The molecule has 3 aromatic carbocycles. The van der Waals surface area contributed by atoms with Gasteiger partial charge in [0.2, 0.25) is 0 Å². The Morgan fingerprint density at radius 1 is 0.871 bits per heavy atom. The van der Waals surface area contributed by atoms with Gasteiger partial charge in [0.1, 0.15) is 17.2 Å². The third-order valence-electron chi connectivity index (χ3n) is 4.86. The topological polar surface area (TPSA) is 82.1 Å². The standard InChI is InChI=1S/C25H24O6/c1-29-20-13-14-21(23(16-20)30-2)24(26)18-9-11-19(12-10-18)31-22(25(27)28)15-8-17-6-4-3-5-7-17/h3-7,9-14,16,22H,8,15H2,1-2H3,(H,27,28). The van der Waals surface area contributed by atoms with Crippen LogP contribution in [0.2, 0.25) is 0 Å². The number of benzene rings is 3. The quantitative estimate of drug-likeness (QED) is 0.490. The van der Waals surface area contributed by atoms with Crippen molar-refractivity contribution < 1.29 is 28.9 Å². The molecule has 0 saturated carbocycles. The van der Waals surface area contributed by atoms with E-state index in [2.05, 4.69) is 0 Å². The summed E-state index contributed by atoms with van der Waals surface area (Å²) in [5.41, 5.74) is 1.89. The number of methoxy groups -OCH3 is 2. The predicted molar refractivity (Wildman–Crippen MR) is 116 cm³/mol. The van der Waals surface area contributed by atoms with Gasteiger partial charge in [0.05, 0.1) is 19.8 Å². The first-order valence-electron chi connectivity index (χ1n) is 9.82. The largest absolute Gasteiger partial charge is 0.497 e. The number of aryl methyl sites for hydroxylation is 1. The summed E-state index contributed by atoms with van der Waals surface area (Å²) < 4.78 is 16.1. The Balaban J connectivity index is 1.70. The molecule has 0 heterocycles. The first kappa shape index (κ1) is 21.9. The zero-order valence-corrected chi connectivity index (χ0v) is 17.4. The summed E-state index contributed by atoms with van der Waals surface area (Å²) >= 11 is 0. The van der Waals surface area contributed by atoms with Crippen molar-refractivity contribution >= 4 is 11.8 Å². The average molecular weight is 420 g/mol. The van der Waals surface area contributed by atoms with E-state index in [9.17, 15) is 14.7 Å². The zero-order chi connectivity index (χ0) is 22.2. The van der Waals surface area contributed by atoms with Crippen LogP contribution < -0.4 is 14.2 Å². The maximum atomic E-state index is 12.9. The van der Waals surface area contributed by atoms with Crippen LogP contribution in [0.3, 0.4) is 0 Å². The second-order valence-corrected chi connectivity index (χ2v) is 6.89. The summed E-state index contributed by atoms with van der Waals surface area (Å²) in [6.45, 7) is 0. The van der Waals surface area contributed by atoms with Crippen LogP contribution >= 0.6 is 0 Å². The number of hydrogen-bond acceptors (Lipinski definition) is 5. The van der Waals surface area contributed by atoms with Gasteiger partial charge in [-0.15, -0.1) is 0 Å². The molecular formula is C25H24O6. The first-order chi connectivity index (χ1) is 15.0. The summed E-state index contributed by atoms with van der Waals surface area (Å²) in [5.74, 6) is 0.145. The molecule has 0 spiro atoms. The van der Waals surface area contributed by atoms with Gasteiger partial charge < -0.3 is 19.3 Å². The van der Waals surface area contributed by atoms with E-state index >= 15 is 0 Å². The minimum Gasteiger partial charge on any atom is -0.497 e. The van der Waals surface area contributed by atoms with Crippen LogP contribution in [-0.2, 0) is 11.2 Å². The van der Waals surface area contributed by atoms with Crippen LogP contribution in [0.5, 0.6) is 17.2 Å². The Labute approximate surface area is 181 Å². The van der Waals surface area contributed by atoms with Gasteiger partial charge in [-0.25, -0.2) is 4.79 Å². The number of ketones is 1. The molecule has 3 aromatic rings. The van der Waals surface area contributed by atoms with E-state index in [1.165, 1.54) is 7.11 Å². The summed E-state index contributed by atoms with van der Waals surface area (Å²) in [6.07, 6.45) is -0.0576. The molecule has 0 aliphatic heterocycles. The van der Waals surface area contributed by atoms with Crippen molar-refractivity contribution in [2.45, 2.75) is 18.9 Å². The van der Waals surface area contributed by atoms with Crippen molar-refractivity contribution in [2.24, 2.45) is 0 Å². The number of ether oxygens (including phenoxy) is 3. The number of rotatable bonds is 10. The van der Waals surface area contributed by atoms with E-state index in [-0.39, 0.29) is 5.78 Å². The normalized spacial score (nSPS) is 11.4. The van der Waals surface area contributed by atoms with E-state index < -0.39 is 12.1 Å². The second kappa shape index (κ2) is 10.3. The molecule has 3 rings (SSSR count). The maximum Gasteiger partial charge on any atom is 0.344 e. The zero-order valence-electron chi connectivity index (χ0n) is 17.4. The maximum absolute atomic E-state index is 12.9. The molecule has 1 atom stereocenters. The molecule has 1 N–H and O–H groups in total. The Bertz CT molecular complexity index is 1030. The van der Waals surface area contributed by atoms with Gasteiger partial charge in [-0.1, -0.05) is 30.3 Å². The Hall–Kier alpha value is -3.80. The third kappa shape index (κ3) is 5.63. The van der Waals surface area contributed by atoms with Gasteiger partial charge in [0.15, 0.2) is 11.9 Å². The second-order valence-electron chi connectivity index (χ2n) is 6.89. The van der Waals surface area contributed by atoms with Crippen molar-refractivity contribution in [3.8, 4) is 17.2 Å². The van der Waals surface area contributed by atoms with E-state index in [1.807, 2.05) is 30.3 Å². The van der Waals surface area contributed by atoms with Crippen LogP contribution in [0, 0.1) is 0 Å². The fraction of sp³-hybridized carbons (Fsp3) is 0.200. The fourth-order valence-electron chi connectivity index (χ4n) is 3.17. The lowest BCUT2D eigenvalue weighted by Gasteiger charge is -2.15. The van der Waals surface area contributed by atoms with E-state index in [0.29, 0.717) is 41.2 Å². The SMILES string of the molecule is COc1ccc(C(=O)c2ccc(OC(CCc3ccccc3)C(=O)O)cc2)c(OC)c1. The van der Waals surface area contributed by atoms with Gasteiger partial charge in [-0.2, -0.15) is 0 Å². The van der Waals surface area contributed by atoms with Crippen LogP contribution in [-0.4, -0.2) is 37.2 Å². The molecule has 0 bridgehead atoms. The summed E-state index contributed by atoms with van der Waals surface area (Å²) in [4.78, 5) is 24.5. The number of aliphatic carboxylic acids is 1. The average Bonchev–Trinajstić information content (AvgIpc) is 2.81. The number of carbonyl (C=O) groups excluding carboxylic acids is 1. The van der Waals surface area contributed by atoms with Crippen LogP contribution in [0.15, 0.2) is 72.8 Å². The van der Waals surface area contributed by atoms with Crippen molar-refractivity contribution in [1.29, 1.82) is 0 Å². The Kier molecular flexibility index (Phi) is 7.27. The molecule has 0 fully saturated rings. The van der Waals surface area contributed by atoms with E-state index in [1.54, 1.807) is 49.6 Å². The monoisotopic (exact) mass is 420 g/mol. The first-order valence-corrected chi connectivity index (χ1v) is 9.82. The molecule has 1 unspecified atom stereocenters. The van der Waals surface area contributed by atoms with Crippen LogP contribution in [0.4, 0.5) is 0 Å². The minimum atomic E-state index is -1.03. The van der Waals surface area contributed by atoms with Crippen molar-refractivity contribution in [1.82, 2.24) is 0 Å². The highest BCUT2D eigenvalue weighted by Gasteiger charge is 2.20. The van der Waals surface area contributed by atoms with Crippen molar-refractivity contribution in [2.75, 3.05) is 14.2 Å². The summed E-state index contributed by atoms with van der Waals surface area (Å²) in [5, 5.41) is 9.50. The molecule has 160 valence electrons. The van der Waals surface area contributed by atoms with Crippen molar-refractivity contribution in [3.63, 3.8) is 0 Å². The number of hydrogen-bond donors (Lipinski definition) is 1. The number of carboxylic acid groups (broad SMARTS) is 1. The van der Waals surface area contributed by atoms with Crippen LogP contribution in [0.1, 0.15) is 27.9 Å². The lowest BCUT2D eigenvalue weighted by Crippen LogP contribution is -2.27. The highest BCUT2D eigenvalue weighted by Crippen LogP contribution is 2.27. The van der Waals surface area contributed by atoms with Gasteiger partial charge in [0, 0.05) is 11.6 Å². The van der Waals surface area contributed by atoms with Gasteiger partial charge in [0.25, 0.3) is 0 Å². The van der Waals surface area contributed by atoms with Gasteiger partial charge >= 0.3 is 5.97 Å². The minimum absolute atomic E-state index is 0.218. The molecule has 0 aliphatic carbocycles. The highest BCUT2D eigenvalue weighted by atomic mass is 16.5. The lowest BCUT2D eigenvalue weighted by molar-refractivity contribution is -0.145. The summed E-state index contributed by atoms with van der Waals surface area (Å²) in [6, 6.07) is 21.1. The molecule has 0 amide bonds. The highest BCUT2D eigenvalue weighted by molar-refractivity contribution is 6.10. The number of carboxylic acids is 1. The molecular weight excluding hydrogens is 396 g/mol. The Morgan fingerprint density at radius 3 is 2.16 bits per heavy atom. The van der Waals surface area contributed by atoms with Gasteiger partial charge in [-0.05, 0) is 54.8 Å². The number of carbonyl (C=O) groups is 2. The molecule has 0 radical (unpaired) electrons. The Morgan fingerprint density at radius 2 is 1.55 bits per heavy atom. The molecule has 31 heavy (non-hydrogen) atoms. The van der Waals surface area contributed by atoms with Gasteiger partial charge in [-0.3, -0.25) is 4.79 Å². The van der Waals surface area contributed by atoms with Crippen LogP contribution in [0.25, 0.3) is 0 Å². The van der Waals surface area contributed by atoms with E-state index in [0.717, 1.165) is 5.56 Å².